The van der Waals surface area contributed by atoms with E-state index in [9.17, 15) is 0 Å². The van der Waals surface area contributed by atoms with E-state index in [1.165, 1.54) is 57.8 Å². The van der Waals surface area contributed by atoms with E-state index in [4.69, 9.17) is 0 Å². The third-order valence-corrected chi connectivity index (χ3v) is 6.20. The van der Waals surface area contributed by atoms with Crippen LogP contribution >= 0.6 is 0 Å². The first kappa shape index (κ1) is 12.8. The normalized spacial score (nSPS) is 33.4. The van der Waals surface area contributed by atoms with Gasteiger partial charge >= 0.3 is 0 Å². The largest absolute Gasteiger partial charge is 0.0882 e. The van der Waals surface area contributed by atoms with E-state index in [0.29, 0.717) is 0 Å². The van der Waals surface area contributed by atoms with Crippen molar-refractivity contribution in [2.24, 2.45) is 17.3 Å². The highest BCUT2D eigenvalue weighted by Crippen LogP contribution is 2.55. The maximum Gasteiger partial charge on any atom is -0.0174 e. The van der Waals surface area contributed by atoms with Gasteiger partial charge in [0, 0.05) is 0 Å². The van der Waals surface area contributed by atoms with E-state index < -0.39 is 0 Å². The second-order valence-corrected chi connectivity index (χ2v) is 7.09. The van der Waals surface area contributed by atoms with Gasteiger partial charge in [0.05, 0.1) is 0 Å². The molecular formula is C18H30. The molecule has 3 rings (SSSR count). The molecule has 2 fully saturated rings. The summed E-state index contributed by atoms with van der Waals surface area (Å²) >= 11 is 0. The van der Waals surface area contributed by atoms with E-state index in [2.05, 4.69) is 12.2 Å². The van der Waals surface area contributed by atoms with Crippen LogP contribution in [-0.4, -0.2) is 0 Å². The van der Waals surface area contributed by atoms with Gasteiger partial charge in [-0.15, -0.1) is 0 Å². The smallest absolute Gasteiger partial charge is 0.0174 e. The van der Waals surface area contributed by atoms with Crippen LogP contribution < -0.4 is 0 Å². The van der Waals surface area contributed by atoms with Crippen molar-refractivity contribution in [2.75, 3.05) is 0 Å². The van der Waals surface area contributed by atoms with Gasteiger partial charge < -0.3 is 0 Å². The van der Waals surface area contributed by atoms with Crippen LogP contribution in [0.5, 0.6) is 0 Å². The Labute approximate surface area is 113 Å². The molecule has 2 saturated carbocycles. The fourth-order valence-corrected chi connectivity index (χ4v) is 5.26. The lowest BCUT2D eigenvalue weighted by molar-refractivity contribution is 0.0177. The first-order valence-corrected chi connectivity index (χ1v) is 8.58. The SMILES string of the molecule is C1=CC(C2(C3CCCCC3)CCCCC2)CCC1. The molecule has 0 bridgehead atoms. The van der Waals surface area contributed by atoms with Gasteiger partial charge in [0.1, 0.15) is 0 Å². The van der Waals surface area contributed by atoms with Gasteiger partial charge in [-0.25, -0.2) is 0 Å². The van der Waals surface area contributed by atoms with E-state index in [0.717, 1.165) is 17.3 Å². The Bertz CT molecular complexity index is 276. The first-order chi connectivity index (χ1) is 8.92. The zero-order valence-corrected chi connectivity index (χ0v) is 12.0. The number of rotatable bonds is 2. The van der Waals surface area contributed by atoms with Crippen LogP contribution in [0, 0.1) is 17.3 Å². The van der Waals surface area contributed by atoms with Gasteiger partial charge in [0.2, 0.25) is 0 Å². The molecule has 0 nitrogen and oxygen atoms in total. The van der Waals surface area contributed by atoms with Gasteiger partial charge in [0.15, 0.2) is 0 Å². The molecule has 0 spiro atoms. The minimum absolute atomic E-state index is 0.732. The first-order valence-electron chi connectivity index (χ1n) is 8.58. The molecule has 0 aliphatic heterocycles. The number of hydrogen-bond acceptors (Lipinski definition) is 0. The molecule has 0 aromatic carbocycles. The average molecular weight is 246 g/mol. The molecule has 102 valence electrons. The van der Waals surface area contributed by atoms with Gasteiger partial charge in [-0.3, -0.25) is 0 Å². The minimum atomic E-state index is 0.732. The van der Waals surface area contributed by atoms with Gasteiger partial charge in [-0.1, -0.05) is 50.7 Å². The Balaban J connectivity index is 1.81. The summed E-state index contributed by atoms with van der Waals surface area (Å²) < 4.78 is 0. The van der Waals surface area contributed by atoms with Gasteiger partial charge in [0.25, 0.3) is 0 Å². The summed E-state index contributed by atoms with van der Waals surface area (Å²) in [6, 6.07) is 0. The second-order valence-electron chi connectivity index (χ2n) is 7.09. The zero-order chi connectivity index (χ0) is 12.3. The summed E-state index contributed by atoms with van der Waals surface area (Å²) in [5.41, 5.74) is 0.732. The van der Waals surface area contributed by atoms with Crippen molar-refractivity contribution in [1.82, 2.24) is 0 Å². The molecular weight excluding hydrogens is 216 g/mol. The maximum absolute atomic E-state index is 2.63. The van der Waals surface area contributed by atoms with Crippen molar-refractivity contribution in [3.63, 3.8) is 0 Å². The van der Waals surface area contributed by atoms with Crippen LogP contribution in [0.4, 0.5) is 0 Å². The molecule has 0 saturated heterocycles. The summed E-state index contributed by atoms with van der Waals surface area (Å²) in [5, 5.41) is 0. The lowest BCUT2D eigenvalue weighted by Crippen LogP contribution is -2.40. The van der Waals surface area contributed by atoms with E-state index in [-0.39, 0.29) is 0 Å². The third-order valence-electron chi connectivity index (χ3n) is 6.20. The minimum Gasteiger partial charge on any atom is -0.0882 e. The molecule has 0 heterocycles. The van der Waals surface area contributed by atoms with Gasteiger partial charge in [-0.05, 0) is 62.2 Å². The summed E-state index contributed by atoms with van der Waals surface area (Å²) in [4.78, 5) is 0. The predicted molar refractivity (Wildman–Crippen MR) is 78.6 cm³/mol. The second kappa shape index (κ2) is 5.80. The highest BCUT2D eigenvalue weighted by atomic mass is 14.5. The maximum atomic E-state index is 2.63. The van der Waals surface area contributed by atoms with Crippen LogP contribution in [0.1, 0.15) is 83.5 Å². The molecule has 0 N–H and O–H groups in total. The van der Waals surface area contributed by atoms with Crippen LogP contribution in [0.25, 0.3) is 0 Å². The molecule has 18 heavy (non-hydrogen) atoms. The van der Waals surface area contributed by atoms with Crippen molar-refractivity contribution in [3.05, 3.63) is 12.2 Å². The molecule has 0 radical (unpaired) electrons. The molecule has 3 aliphatic rings. The summed E-state index contributed by atoms with van der Waals surface area (Å²) in [6.07, 6.45) is 24.7. The Morgan fingerprint density at radius 3 is 2.11 bits per heavy atom. The topological polar surface area (TPSA) is 0 Å². The third kappa shape index (κ3) is 2.40. The Hall–Kier alpha value is -0.260. The fraction of sp³-hybridized carbons (Fsp3) is 0.889. The van der Waals surface area contributed by atoms with Crippen molar-refractivity contribution in [2.45, 2.75) is 83.5 Å². The lowest BCUT2D eigenvalue weighted by atomic mass is 9.54. The molecule has 0 amide bonds. The van der Waals surface area contributed by atoms with Crippen LogP contribution in [0.15, 0.2) is 12.2 Å². The molecule has 0 heteroatoms. The zero-order valence-electron chi connectivity index (χ0n) is 12.0. The van der Waals surface area contributed by atoms with Crippen LogP contribution in [0.3, 0.4) is 0 Å². The standard InChI is InChI=1S/C18H30/c1-4-10-16(11-5-1)18(14-8-3-9-15-18)17-12-6-2-7-13-17/h4,10,16-17H,1-3,5-9,11-15H2. The summed E-state index contributed by atoms with van der Waals surface area (Å²) in [5.74, 6) is 2.01. The summed E-state index contributed by atoms with van der Waals surface area (Å²) in [7, 11) is 0. The van der Waals surface area contributed by atoms with Crippen LogP contribution in [-0.2, 0) is 0 Å². The molecule has 3 aliphatic carbocycles. The number of hydrogen-bond donors (Lipinski definition) is 0. The average Bonchev–Trinajstić information content (AvgIpc) is 2.50. The highest BCUT2D eigenvalue weighted by molar-refractivity contribution is 5.05. The van der Waals surface area contributed by atoms with Crippen LogP contribution in [0.2, 0.25) is 0 Å². The van der Waals surface area contributed by atoms with Crippen molar-refractivity contribution in [1.29, 1.82) is 0 Å². The van der Waals surface area contributed by atoms with Crippen molar-refractivity contribution >= 4 is 0 Å². The van der Waals surface area contributed by atoms with Gasteiger partial charge in [-0.2, -0.15) is 0 Å². The Morgan fingerprint density at radius 2 is 1.44 bits per heavy atom. The quantitative estimate of drug-likeness (QED) is 0.534. The summed E-state index contributed by atoms with van der Waals surface area (Å²) in [6.45, 7) is 0. The van der Waals surface area contributed by atoms with E-state index in [1.54, 1.807) is 25.7 Å². The fourth-order valence-electron chi connectivity index (χ4n) is 5.26. The van der Waals surface area contributed by atoms with Crippen molar-refractivity contribution in [3.8, 4) is 0 Å². The lowest BCUT2D eigenvalue weighted by Gasteiger charge is -2.50. The monoisotopic (exact) mass is 246 g/mol. The Morgan fingerprint density at radius 1 is 0.722 bits per heavy atom. The predicted octanol–water partition coefficient (Wildman–Crippen LogP) is 5.87. The van der Waals surface area contributed by atoms with E-state index >= 15 is 0 Å². The molecule has 1 atom stereocenters. The molecule has 1 unspecified atom stereocenters. The highest BCUT2D eigenvalue weighted by Gasteiger charge is 2.44. The molecule has 0 aromatic rings. The number of allylic oxidation sites excluding steroid dienone is 2. The van der Waals surface area contributed by atoms with E-state index in [1.807, 2.05) is 0 Å². The Kier molecular flexibility index (Phi) is 4.11. The molecule has 0 aromatic heterocycles. The van der Waals surface area contributed by atoms with Crippen molar-refractivity contribution < 1.29 is 0 Å².